The van der Waals surface area contributed by atoms with Crippen LogP contribution in [0.4, 0.5) is 17.1 Å². The smallest absolute Gasteiger partial charge is 0.0727 e. The number of nitrogen functional groups attached to an aromatic ring is 1. The van der Waals surface area contributed by atoms with E-state index in [0.29, 0.717) is 0 Å². The number of aryl methyl sites for hydroxylation is 2. The highest BCUT2D eigenvalue weighted by atomic mass is 79.9. The summed E-state index contributed by atoms with van der Waals surface area (Å²) in [6.07, 6.45) is 0. The lowest BCUT2D eigenvalue weighted by Gasteiger charge is -2.12. The van der Waals surface area contributed by atoms with Crippen molar-refractivity contribution < 1.29 is 0 Å². The minimum Gasteiger partial charge on any atom is -0.399 e. The summed E-state index contributed by atoms with van der Waals surface area (Å²) in [5, 5.41) is 4.50. The molecule has 0 aliphatic heterocycles. The molecule has 106 valence electrons. The molecule has 0 aliphatic carbocycles. The number of pyridine rings is 1. The highest BCUT2D eigenvalue weighted by molar-refractivity contribution is 9.10. The Balaban J connectivity index is 2.10. The Morgan fingerprint density at radius 3 is 2.62 bits per heavy atom. The van der Waals surface area contributed by atoms with E-state index in [1.165, 1.54) is 5.56 Å². The van der Waals surface area contributed by atoms with Gasteiger partial charge < -0.3 is 11.1 Å². The molecule has 0 bridgehead atoms. The van der Waals surface area contributed by atoms with Crippen LogP contribution in [0.5, 0.6) is 0 Å². The molecule has 0 spiro atoms. The van der Waals surface area contributed by atoms with Crippen molar-refractivity contribution in [3.05, 3.63) is 58.2 Å². The van der Waals surface area contributed by atoms with Crippen LogP contribution in [-0.4, -0.2) is 4.98 Å². The number of nitrogens with two attached hydrogens (primary N) is 1. The second-order valence-corrected chi connectivity index (χ2v) is 6.03. The Bertz CT molecular complexity index is 828. The number of hydrogen-bond donors (Lipinski definition) is 2. The molecule has 1 heterocycles. The summed E-state index contributed by atoms with van der Waals surface area (Å²) >= 11 is 3.52. The Morgan fingerprint density at radius 1 is 1.05 bits per heavy atom. The van der Waals surface area contributed by atoms with Gasteiger partial charge in [0, 0.05) is 32.6 Å². The van der Waals surface area contributed by atoms with Crippen LogP contribution >= 0.6 is 15.9 Å². The molecule has 3 N–H and O–H groups in total. The van der Waals surface area contributed by atoms with E-state index in [2.05, 4.69) is 39.2 Å². The van der Waals surface area contributed by atoms with E-state index in [9.17, 15) is 0 Å². The van der Waals surface area contributed by atoms with Gasteiger partial charge in [0.25, 0.3) is 0 Å². The number of benzene rings is 2. The van der Waals surface area contributed by atoms with E-state index in [1.807, 2.05) is 43.3 Å². The van der Waals surface area contributed by atoms with E-state index in [-0.39, 0.29) is 0 Å². The van der Waals surface area contributed by atoms with Gasteiger partial charge in [-0.15, -0.1) is 0 Å². The van der Waals surface area contributed by atoms with Crippen molar-refractivity contribution in [3.8, 4) is 0 Å². The lowest BCUT2D eigenvalue weighted by atomic mass is 10.1. The fraction of sp³-hybridized carbons (Fsp3) is 0.118. The number of fused-ring (bicyclic) bond motifs is 1. The maximum atomic E-state index is 5.91. The molecule has 3 nitrogen and oxygen atoms in total. The van der Waals surface area contributed by atoms with Gasteiger partial charge in [-0.3, -0.25) is 4.98 Å². The monoisotopic (exact) mass is 341 g/mol. The molecule has 0 aliphatic rings. The largest absolute Gasteiger partial charge is 0.399 e. The number of aromatic nitrogens is 1. The molecule has 0 fully saturated rings. The second-order valence-electron chi connectivity index (χ2n) is 5.18. The zero-order valence-electron chi connectivity index (χ0n) is 11.9. The Kier molecular flexibility index (Phi) is 3.55. The number of nitrogens with zero attached hydrogens (tertiary/aromatic N) is 1. The molecule has 0 unspecified atom stereocenters. The molecule has 1 aromatic heterocycles. The molecule has 3 rings (SSSR count). The second kappa shape index (κ2) is 5.37. The molecule has 2 aromatic carbocycles. The van der Waals surface area contributed by atoms with E-state index < -0.39 is 0 Å². The third kappa shape index (κ3) is 2.85. The zero-order valence-corrected chi connectivity index (χ0v) is 13.5. The van der Waals surface area contributed by atoms with Crippen LogP contribution in [0.15, 0.2) is 46.9 Å². The Morgan fingerprint density at radius 2 is 1.86 bits per heavy atom. The van der Waals surface area contributed by atoms with Gasteiger partial charge in [-0.1, -0.05) is 15.9 Å². The van der Waals surface area contributed by atoms with Gasteiger partial charge in [0.05, 0.1) is 5.52 Å². The maximum Gasteiger partial charge on any atom is 0.0727 e. The molecule has 21 heavy (non-hydrogen) atoms. The predicted molar refractivity (Wildman–Crippen MR) is 93.1 cm³/mol. The van der Waals surface area contributed by atoms with Gasteiger partial charge in [-0.2, -0.15) is 0 Å². The third-order valence-electron chi connectivity index (χ3n) is 3.40. The summed E-state index contributed by atoms with van der Waals surface area (Å²) in [6, 6.07) is 14.0. The summed E-state index contributed by atoms with van der Waals surface area (Å²) < 4.78 is 1.10. The van der Waals surface area contributed by atoms with Crippen LogP contribution in [0.2, 0.25) is 0 Å². The molecule has 0 amide bonds. The lowest BCUT2D eigenvalue weighted by Crippen LogP contribution is -1.96. The Labute approximate surface area is 132 Å². The van der Waals surface area contributed by atoms with Gasteiger partial charge in [0.2, 0.25) is 0 Å². The van der Waals surface area contributed by atoms with Crippen LogP contribution in [0, 0.1) is 13.8 Å². The first kappa shape index (κ1) is 13.9. The van der Waals surface area contributed by atoms with Crippen LogP contribution in [-0.2, 0) is 0 Å². The normalized spacial score (nSPS) is 10.8. The highest BCUT2D eigenvalue weighted by Crippen LogP contribution is 2.29. The number of rotatable bonds is 2. The van der Waals surface area contributed by atoms with Crippen molar-refractivity contribution in [3.63, 3.8) is 0 Å². The summed E-state index contributed by atoms with van der Waals surface area (Å²) in [6.45, 7) is 4.07. The SMILES string of the molecule is Cc1cc(Nc2ccc(Br)c(C)c2)c2cc(N)ccc2n1. The summed E-state index contributed by atoms with van der Waals surface area (Å²) in [5.41, 5.74) is 11.8. The van der Waals surface area contributed by atoms with Crippen LogP contribution in [0.25, 0.3) is 10.9 Å². The average Bonchev–Trinajstić information content (AvgIpc) is 2.43. The van der Waals surface area contributed by atoms with Crippen molar-refractivity contribution in [2.24, 2.45) is 0 Å². The molecule has 0 saturated heterocycles. The van der Waals surface area contributed by atoms with Crippen molar-refractivity contribution in [1.82, 2.24) is 4.98 Å². The first-order chi connectivity index (χ1) is 10.0. The van der Waals surface area contributed by atoms with Crippen molar-refractivity contribution >= 4 is 43.9 Å². The van der Waals surface area contributed by atoms with Crippen LogP contribution < -0.4 is 11.1 Å². The van der Waals surface area contributed by atoms with Gasteiger partial charge in [0.15, 0.2) is 0 Å². The van der Waals surface area contributed by atoms with Gasteiger partial charge in [-0.25, -0.2) is 0 Å². The first-order valence-corrected chi connectivity index (χ1v) is 7.52. The number of halogens is 1. The maximum absolute atomic E-state index is 5.91. The van der Waals surface area contributed by atoms with E-state index in [0.717, 1.165) is 38.1 Å². The summed E-state index contributed by atoms with van der Waals surface area (Å²) in [4.78, 5) is 4.55. The molecule has 4 heteroatoms. The summed E-state index contributed by atoms with van der Waals surface area (Å²) in [7, 11) is 0. The first-order valence-electron chi connectivity index (χ1n) is 6.73. The standard InChI is InChI=1S/C17H16BrN3/c1-10-7-13(4-5-15(10)18)21-17-8-11(2)20-16-6-3-12(19)9-14(16)17/h3-9H,19H2,1-2H3,(H,20,21). The number of anilines is 3. The fourth-order valence-corrected chi connectivity index (χ4v) is 2.60. The van der Waals surface area contributed by atoms with Crippen LogP contribution in [0.1, 0.15) is 11.3 Å². The third-order valence-corrected chi connectivity index (χ3v) is 4.29. The number of nitrogens with one attached hydrogen (secondary N) is 1. The fourth-order valence-electron chi connectivity index (χ4n) is 2.36. The zero-order chi connectivity index (χ0) is 15.0. The topological polar surface area (TPSA) is 50.9 Å². The van der Waals surface area contributed by atoms with Crippen LogP contribution in [0.3, 0.4) is 0 Å². The lowest BCUT2D eigenvalue weighted by molar-refractivity contribution is 1.25. The predicted octanol–water partition coefficient (Wildman–Crippen LogP) is 4.94. The molecular formula is C17H16BrN3. The van der Waals surface area contributed by atoms with E-state index in [1.54, 1.807) is 0 Å². The molecule has 0 radical (unpaired) electrons. The van der Waals surface area contributed by atoms with Gasteiger partial charge in [-0.05, 0) is 61.9 Å². The summed E-state index contributed by atoms with van der Waals surface area (Å²) in [5.74, 6) is 0. The highest BCUT2D eigenvalue weighted by Gasteiger charge is 2.06. The van der Waals surface area contributed by atoms with Crippen molar-refractivity contribution in [2.75, 3.05) is 11.1 Å². The molecular weight excluding hydrogens is 326 g/mol. The van der Waals surface area contributed by atoms with Gasteiger partial charge in [0.1, 0.15) is 0 Å². The van der Waals surface area contributed by atoms with E-state index in [4.69, 9.17) is 5.73 Å². The molecule has 0 atom stereocenters. The molecule has 3 aromatic rings. The number of hydrogen-bond acceptors (Lipinski definition) is 3. The molecule has 0 saturated carbocycles. The van der Waals surface area contributed by atoms with Gasteiger partial charge >= 0.3 is 0 Å². The van der Waals surface area contributed by atoms with Crippen molar-refractivity contribution in [2.45, 2.75) is 13.8 Å². The minimum atomic E-state index is 0.739. The average molecular weight is 342 g/mol. The Hall–Kier alpha value is -2.07. The quantitative estimate of drug-likeness (QED) is 0.649. The minimum absolute atomic E-state index is 0.739. The van der Waals surface area contributed by atoms with E-state index >= 15 is 0 Å². The van der Waals surface area contributed by atoms with Crippen molar-refractivity contribution in [1.29, 1.82) is 0 Å².